The minimum Gasteiger partial charge on any atom is -0.341 e. The van der Waals surface area contributed by atoms with Crippen molar-refractivity contribution in [1.82, 2.24) is 4.90 Å². The molecule has 0 saturated heterocycles. The smallest absolute Gasteiger partial charge is 0.233 e. The number of hydrogen-bond donors (Lipinski definition) is 0. The van der Waals surface area contributed by atoms with Crippen LogP contribution in [0.15, 0.2) is 54.6 Å². The summed E-state index contributed by atoms with van der Waals surface area (Å²) >= 11 is 6.05. The van der Waals surface area contributed by atoms with Gasteiger partial charge in [0.2, 0.25) is 5.91 Å². The number of hydrogen-bond acceptors (Lipinski definition) is 1. The van der Waals surface area contributed by atoms with Crippen LogP contribution >= 0.6 is 11.6 Å². The first-order valence-electron chi connectivity index (χ1n) is 8.17. The fourth-order valence-corrected chi connectivity index (χ4v) is 3.92. The molecule has 0 radical (unpaired) electrons. The van der Waals surface area contributed by atoms with Gasteiger partial charge in [-0.3, -0.25) is 4.79 Å². The molecule has 1 fully saturated rings. The van der Waals surface area contributed by atoms with E-state index in [1.807, 2.05) is 54.4 Å². The quantitative estimate of drug-likeness (QED) is 0.789. The van der Waals surface area contributed by atoms with E-state index in [0.29, 0.717) is 11.6 Å². The van der Waals surface area contributed by atoms with Gasteiger partial charge in [-0.2, -0.15) is 0 Å². The molecule has 0 atom stereocenters. The third-order valence-corrected chi connectivity index (χ3v) is 5.08. The molecule has 0 spiro atoms. The minimum atomic E-state index is -0.353. The molecule has 0 aromatic heterocycles. The van der Waals surface area contributed by atoms with Crippen molar-refractivity contribution in [3.8, 4) is 0 Å². The Hall–Kier alpha value is -1.80. The molecule has 1 aliphatic rings. The highest BCUT2D eigenvalue weighted by Crippen LogP contribution is 2.42. The lowest BCUT2D eigenvalue weighted by Crippen LogP contribution is -2.43. The summed E-state index contributed by atoms with van der Waals surface area (Å²) < 4.78 is 0. The fourth-order valence-electron chi connectivity index (χ4n) is 3.71. The van der Waals surface area contributed by atoms with Crippen LogP contribution in [0.4, 0.5) is 0 Å². The second kappa shape index (κ2) is 6.76. The van der Waals surface area contributed by atoms with E-state index >= 15 is 0 Å². The molecule has 120 valence electrons. The zero-order valence-corrected chi connectivity index (χ0v) is 14.2. The summed E-state index contributed by atoms with van der Waals surface area (Å²) in [5, 5.41) is 0.710. The summed E-state index contributed by atoms with van der Waals surface area (Å²) in [6.07, 6.45) is 4.11. The van der Waals surface area contributed by atoms with Crippen LogP contribution in [0.2, 0.25) is 5.02 Å². The highest BCUT2D eigenvalue weighted by atomic mass is 35.5. The first kappa shape index (κ1) is 16.1. The number of likely N-dealkylation sites (N-methyl/N-ethyl adjacent to an activating group) is 1. The topological polar surface area (TPSA) is 20.3 Å². The van der Waals surface area contributed by atoms with Crippen LogP contribution in [0.5, 0.6) is 0 Å². The van der Waals surface area contributed by atoms with Gasteiger partial charge in [0.15, 0.2) is 0 Å². The summed E-state index contributed by atoms with van der Waals surface area (Å²) in [6.45, 7) is 0.591. The Kier molecular flexibility index (Phi) is 4.72. The molecule has 2 aromatic rings. The normalized spacial score (nSPS) is 16.3. The molecule has 0 N–H and O–H groups in total. The molecular formula is C20H22ClNO. The van der Waals surface area contributed by atoms with E-state index in [4.69, 9.17) is 11.6 Å². The Morgan fingerprint density at radius 3 is 2.43 bits per heavy atom. The minimum absolute atomic E-state index is 0.223. The van der Waals surface area contributed by atoms with Gasteiger partial charge >= 0.3 is 0 Å². The molecule has 1 amide bonds. The maximum absolute atomic E-state index is 13.2. The number of nitrogens with zero attached hydrogens (tertiary/aromatic N) is 1. The Bertz CT molecular complexity index is 677. The first-order valence-corrected chi connectivity index (χ1v) is 8.55. The predicted molar refractivity (Wildman–Crippen MR) is 94.5 cm³/mol. The second-order valence-corrected chi connectivity index (χ2v) is 6.88. The molecule has 2 aromatic carbocycles. The monoisotopic (exact) mass is 327 g/mol. The molecule has 3 rings (SSSR count). The maximum Gasteiger partial charge on any atom is 0.233 e. The van der Waals surface area contributed by atoms with Gasteiger partial charge in [0.25, 0.3) is 0 Å². The maximum atomic E-state index is 13.2. The van der Waals surface area contributed by atoms with E-state index in [0.717, 1.165) is 36.8 Å². The van der Waals surface area contributed by atoms with Crippen LogP contribution in [0.1, 0.15) is 36.8 Å². The Morgan fingerprint density at radius 1 is 1.09 bits per heavy atom. The summed E-state index contributed by atoms with van der Waals surface area (Å²) in [5.74, 6) is 0.223. The van der Waals surface area contributed by atoms with Crippen molar-refractivity contribution in [2.24, 2.45) is 0 Å². The van der Waals surface area contributed by atoms with Gasteiger partial charge in [0.1, 0.15) is 0 Å². The molecule has 3 heteroatoms. The Morgan fingerprint density at radius 2 is 1.78 bits per heavy atom. The van der Waals surface area contributed by atoms with Crippen LogP contribution in [0, 0.1) is 0 Å². The van der Waals surface area contributed by atoms with Gasteiger partial charge in [0, 0.05) is 18.6 Å². The molecule has 2 nitrogen and oxygen atoms in total. The first-order chi connectivity index (χ1) is 11.1. The standard InChI is InChI=1S/C20H22ClNO/c1-22(15-16-8-7-11-18(21)14-16)19(23)20(12-5-6-13-20)17-9-3-2-4-10-17/h2-4,7-11,14H,5-6,12-13,15H2,1H3. The number of carbonyl (C=O) groups is 1. The van der Waals surface area contributed by atoms with Crippen molar-refractivity contribution >= 4 is 17.5 Å². The summed E-state index contributed by atoms with van der Waals surface area (Å²) in [5.41, 5.74) is 1.87. The van der Waals surface area contributed by atoms with Crippen LogP contribution < -0.4 is 0 Å². The van der Waals surface area contributed by atoms with Gasteiger partial charge in [-0.1, -0.05) is 66.9 Å². The highest BCUT2D eigenvalue weighted by Gasteiger charge is 2.43. The van der Waals surface area contributed by atoms with Crippen LogP contribution in [0.25, 0.3) is 0 Å². The molecular weight excluding hydrogens is 306 g/mol. The largest absolute Gasteiger partial charge is 0.341 e. The predicted octanol–water partition coefficient (Wildman–Crippen LogP) is 4.81. The summed E-state index contributed by atoms with van der Waals surface area (Å²) in [6, 6.07) is 18.0. The molecule has 0 bridgehead atoms. The lowest BCUT2D eigenvalue weighted by molar-refractivity contribution is -0.136. The van der Waals surface area contributed by atoms with Gasteiger partial charge in [-0.05, 0) is 36.1 Å². The van der Waals surface area contributed by atoms with E-state index in [1.165, 1.54) is 0 Å². The lowest BCUT2D eigenvalue weighted by Gasteiger charge is -2.33. The molecule has 0 heterocycles. The molecule has 23 heavy (non-hydrogen) atoms. The van der Waals surface area contributed by atoms with Gasteiger partial charge in [-0.25, -0.2) is 0 Å². The Balaban J connectivity index is 1.84. The van der Waals surface area contributed by atoms with Gasteiger partial charge in [0.05, 0.1) is 5.41 Å². The fraction of sp³-hybridized carbons (Fsp3) is 0.350. The van der Waals surface area contributed by atoms with Crippen molar-refractivity contribution in [2.75, 3.05) is 7.05 Å². The van der Waals surface area contributed by atoms with Crippen molar-refractivity contribution in [3.63, 3.8) is 0 Å². The molecule has 1 saturated carbocycles. The van der Waals surface area contributed by atoms with Crippen molar-refractivity contribution in [1.29, 1.82) is 0 Å². The summed E-state index contributed by atoms with van der Waals surface area (Å²) in [4.78, 5) is 15.1. The van der Waals surface area contributed by atoms with Crippen molar-refractivity contribution in [2.45, 2.75) is 37.6 Å². The Labute approximate surface area is 143 Å². The van der Waals surface area contributed by atoms with E-state index in [-0.39, 0.29) is 11.3 Å². The van der Waals surface area contributed by atoms with Crippen molar-refractivity contribution in [3.05, 3.63) is 70.7 Å². The van der Waals surface area contributed by atoms with Crippen LogP contribution in [0.3, 0.4) is 0 Å². The average Bonchev–Trinajstić information content (AvgIpc) is 3.06. The van der Waals surface area contributed by atoms with E-state index in [9.17, 15) is 4.79 Å². The average molecular weight is 328 g/mol. The second-order valence-electron chi connectivity index (χ2n) is 6.45. The van der Waals surface area contributed by atoms with E-state index in [1.54, 1.807) is 0 Å². The zero-order valence-electron chi connectivity index (χ0n) is 13.5. The highest BCUT2D eigenvalue weighted by molar-refractivity contribution is 6.30. The van der Waals surface area contributed by atoms with Crippen LogP contribution in [-0.4, -0.2) is 17.9 Å². The molecule has 0 aliphatic heterocycles. The zero-order chi connectivity index (χ0) is 16.3. The third kappa shape index (κ3) is 3.28. The van der Waals surface area contributed by atoms with Crippen molar-refractivity contribution < 1.29 is 4.79 Å². The molecule has 0 unspecified atom stereocenters. The lowest BCUT2D eigenvalue weighted by atomic mass is 9.77. The van der Waals surface area contributed by atoms with E-state index in [2.05, 4.69) is 12.1 Å². The van der Waals surface area contributed by atoms with Crippen LogP contribution in [-0.2, 0) is 16.8 Å². The molecule has 1 aliphatic carbocycles. The number of benzene rings is 2. The summed E-state index contributed by atoms with van der Waals surface area (Å²) in [7, 11) is 1.90. The SMILES string of the molecule is CN(Cc1cccc(Cl)c1)C(=O)C1(c2ccccc2)CCCC1. The number of carbonyl (C=O) groups excluding carboxylic acids is 1. The van der Waals surface area contributed by atoms with E-state index < -0.39 is 0 Å². The third-order valence-electron chi connectivity index (χ3n) is 4.85. The van der Waals surface area contributed by atoms with Gasteiger partial charge < -0.3 is 4.90 Å². The van der Waals surface area contributed by atoms with Gasteiger partial charge in [-0.15, -0.1) is 0 Å². The number of rotatable bonds is 4. The number of halogens is 1. The number of amides is 1.